The molecule has 1 unspecified atom stereocenters. The number of hydrogen-bond acceptors (Lipinski definition) is 7. The van der Waals surface area contributed by atoms with Crippen LogP contribution in [0.4, 0.5) is 10.7 Å². The fraction of sp³-hybridized carbons (Fsp3) is 0.692. The number of carbonyl (C=O) groups excluding carboxylic acids is 1. The van der Waals surface area contributed by atoms with Crippen LogP contribution in [-0.2, 0) is 22.7 Å². The maximum atomic E-state index is 13.0. The molecule has 2 aromatic heterocycles. The molecular formula is C26H44N6O5Si. The number of imidazole rings is 1. The molecule has 2 aromatic rings. The number of nitrogens with zero attached hydrogens (tertiary/aromatic N) is 4. The minimum atomic E-state index is -1.29. The number of hydrogen-bond donors (Lipinski definition) is 2. The molecule has 0 aliphatic carbocycles. The minimum absolute atomic E-state index is 0.0124. The van der Waals surface area contributed by atoms with E-state index in [1.165, 1.54) is 4.57 Å². The number of fused-ring (bicyclic) bond motifs is 1. The van der Waals surface area contributed by atoms with Gasteiger partial charge in [0.15, 0.2) is 11.2 Å². The summed E-state index contributed by atoms with van der Waals surface area (Å²) in [6.45, 7) is 18.5. The molecule has 3 heterocycles. The van der Waals surface area contributed by atoms with E-state index in [9.17, 15) is 14.4 Å². The minimum Gasteiger partial charge on any atom is -0.444 e. The number of rotatable bonds is 9. The van der Waals surface area contributed by atoms with E-state index in [-0.39, 0.29) is 12.8 Å². The van der Waals surface area contributed by atoms with Gasteiger partial charge >= 0.3 is 11.8 Å². The Bertz CT molecular complexity index is 1280. The average molecular weight is 549 g/mol. The van der Waals surface area contributed by atoms with Crippen LogP contribution in [0.2, 0.25) is 25.7 Å². The van der Waals surface area contributed by atoms with Gasteiger partial charge in [0.2, 0.25) is 5.95 Å². The van der Waals surface area contributed by atoms with Crippen molar-refractivity contribution in [2.45, 2.75) is 98.1 Å². The first-order valence-corrected chi connectivity index (χ1v) is 17.0. The Morgan fingerprint density at radius 2 is 1.92 bits per heavy atom. The second kappa shape index (κ2) is 11.9. The first-order valence-electron chi connectivity index (χ1n) is 13.3. The second-order valence-corrected chi connectivity index (χ2v) is 18.1. The maximum Gasteiger partial charge on any atom is 0.407 e. The van der Waals surface area contributed by atoms with Crippen molar-refractivity contribution in [1.82, 2.24) is 24.4 Å². The van der Waals surface area contributed by atoms with Gasteiger partial charge < -0.3 is 24.3 Å². The Kier molecular flexibility index (Phi) is 9.29. The standard InChI is InChI=1S/C26H44N6O5Si/c1-18(2)11-13-31-20-21(32(24(34)29-22(20)33)17-36-14-15-38(6,7)8)28-23(31)30-12-9-10-19(16-30)27-25(35)37-26(3,4)5/h11,19H,9-10,12-17H2,1-8H3,(H,27,35)(H,29,33,34). The monoisotopic (exact) mass is 548 g/mol. The summed E-state index contributed by atoms with van der Waals surface area (Å²) in [5, 5.41) is 2.97. The highest BCUT2D eigenvalue weighted by Crippen LogP contribution is 2.24. The molecule has 0 bridgehead atoms. The summed E-state index contributed by atoms with van der Waals surface area (Å²) in [6, 6.07) is 0.828. The molecule has 2 N–H and O–H groups in total. The molecule has 0 aromatic carbocycles. The zero-order chi connectivity index (χ0) is 28.3. The van der Waals surface area contributed by atoms with Gasteiger partial charge in [-0.3, -0.25) is 14.3 Å². The van der Waals surface area contributed by atoms with Crippen LogP contribution < -0.4 is 21.5 Å². The fourth-order valence-electron chi connectivity index (χ4n) is 4.25. The van der Waals surface area contributed by atoms with Gasteiger partial charge in [-0.25, -0.2) is 9.59 Å². The molecule has 1 aliphatic heterocycles. The van der Waals surface area contributed by atoms with Gasteiger partial charge in [-0.2, -0.15) is 4.98 Å². The lowest BCUT2D eigenvalue weighted by molar-refractivity contribution is 0.0499. The number of anilines is 1. The quantitative estimate of drug-likeness (QED) is 0.278. The Morgan fingerprint density at radius 3 is 2.55 bits per heavy atom. The van der Waals surface area contributed by atoms with Crippen LogP contribution in [0.15, 0.2) is 21.2 Å². The molecule has 3 rings (SSSR count). The SMILES string of the molecule is CC(C)=CCn1c(N2CCCC(NC(=O)OC(C)(C)C)C2)nc2c1c(=O)[nH]c(=O)n2COCC[Si](C)(C)C. The van der Waals surface area contributed by atoms with Crippen LogP contribution in [0.1, 0.15) is 47.5 Å². The molecule has 38 heavy (non-hydrogen) atoms. The number of allylic oxidation sites excluding steroid dienone is 2. The van der Waals surface area contributed by atoms with E-state index < -0.39 is 31.0 Å². The van der Waals surface area contributed by atoms with Gasteiger partial charge in [-0.15, -0.1) is 0 Å². The first-order chi connectivity index (χ1) is 17.6. The van der Waals surface area contributed by atoms with Crippen LogP contribution in [0, 0.1) is 0 Å². The Morgan fingerprint density at radius 1 is 1.21 bits per heavy atom. The highest BCUT2D eigenvalue weighted by atomic mass is 28.3. The van der Waals surface area contributed by atoms with Crippen molar-refractivity contribution >= 4 is 31.3 Å². The molecule has 11 nitrogen and oxygen atoms in total. The number of H-pyrrole nitrogens is 1. The number of alkyl carbamates (subject to hydrolysis) is 1. The van der Waals surface area contributed by atoms with Crippen molar-refractivity contribution < 1.29 is 14.3 Å². The van der Waals surface area contributed by atoms with Crippen molar-refractivity contribution in [3.63, 3.8) is 0 Å². The summed E-state index contributed by atoms with van der Waals surface area (Å²) in [7, 11) is -1.29. The van der Waals surface area contributed by atoms with E-state index in [0.29, 0.717) is 43.4 Å². The summed E-state index contributed by atoms with van der Waals surface area (Å²) in [5.74, 6) is 0.583. The predicted octanol–water partition coefficient (Wildman–Crippen LogP) is 3.66. The zero-order valence-electron chi connectivity index (χ0n) is 24.1. The first kappa shape index (κ1) is 29.7. The van der Waals surface area contributed by atoms with Crippen LogP contribution in [0.3, 0.4) is 0 Å². The highest BCUT2D eigenvalue weighted by Gasteiger charge is 2.28. The summed E-state index contributed by atoms with van der Waals surface area (Å²) >= 11 is 0. The highest BCUT2D eigenvalue weighted by molar-refractivity contribution is 6.76. The van der Waals surface area contributed by atoms with E-state index in [1.807, 2.05) is 45.3 Å². The molecule has 1 amide bonds. The van der Waals surface area contributed by atoms with Crippen molar-refractivity contribution in [2.24, 2.45) is 0 Å². The van der Waals surface area contributed by atoms with Crippen LogP contribution in [0.25, 0.3) is 11.2 Å². The number of piperidine rings is 1. The number of nitrogens with one attached hydrogen (secondary N) is 2. The van der Waals surface area contributed by atoms with Gasteiger partial charge in [0, 0.05) is 40.4 Å². The number of amides is 1. The van der Waals surface area contributed by atoms with Gasteiger partial charge in [0.25, 0.3) is 5.56 Å². The van der Waals surface area contributed by atoms with Gasteiger partial charge in [0.05, 0.1) is 0 Å². The summed E-state index contributed by atoms with van der Waals surface area (Å²) in [5.41, 5.74) is 0.111. The predicted molar refractivity (Wildman–Crippen MR) is 153 cm³/mol. The third kappa shape index (κ3) is 8.07. The van der Waals surface area contributed by atoms with Crippen LogP contribution >= 0.6 is 0 Å². The zero-order valence-corrected chi connectivity index (χ0v) is 25.1. The van der Waals surface area contributed by atoms with Gasteiger partial charge in [-0.1, -0.05) is 31.3 Å². The number of aromatic amines is 1. The second-order valence-electron chi connectivity index (χ2n) is 12.4. The van der Waals surface area contributed by atoms with Crippen molar-refractivity contribution in [1.29, 1.82) is 0 Å². The molecule has 0 spiro atoms. The van der Waals surface area contributed by atoms with Gasteiger partial charge in [-0.05, 0) is 53.5 Å². The normalized spacial score (nSPS) is 16.5. The van der Waals surface area contributed by atoms with E-state index >= 15 is 0 Å². The maximum absolute atomic E-state index is 13.0. The Hall–Kier alpha value is -2.86. The van der Waals surface area contributed by atoms with E-state index in [4.69, 9.17) is 14.5 Å². The molecule has 1 fully saturated rings. The summed E-state index contributed by atoms with van der Waals surface area (Å²) < 4.78 is 14.5. The largest absolute Gasteiger partial charge is 0.444 e. The summed E-state index contributed by atoms with van der Waals surface area (Å²) in [6.07, 6.45) is 3.20. The third-order valence-electron chi connectivity index (χ3n) is 6.19. The molecule has 12 heteroatoms. The van der Waals surface area contributed by atoms with Crippen molar-refractivity contribution in [3.8, 4) is 0 Å². The smallest absolute Gasteiger partial charge is 0.407 e. The molecular weight excluding hydrogens is 504 g/mol. The van der Waals surface area contributed by atoms with Crippen molar-refractivity contribution in [3.05, 3.63) is 32.5 Å². The lowest BCUT2D eigenvalue weighted by Gasteiger charge is -2.34. The topological polar surface area (TPSA) is 123 Å². The Balaban J connectivity index is 1.96. The lowest BCUT2D eigenvalue weighted by atomic mass is 10.1. The molecule has 1 saturated heterocycles. The van der Waals surface area contributed by atoms with E-state index in [1.54, 1.807) is 0 Å². The molecule has 0 radical (unpaired) electrons. The van der Waals surface area contributed by atoms with E-state index in [2.05, 4.69) is 34.8 Å². The molecule has 1 atom stereocenters. The van der Waals surface area contributed by atoms with Crippen LogP contribution in [0.5, 0.6) is 0 Å². The average Bonchev–Trinajstić information content (AvgIpc) is 3.15. The number of ether oxygens (including phenoxy) is 2. The Labute approximate surface area is 225 Å². The van der Waals surface area contributed by atoms with Crippen molar-refractivity contribution in [2.75, 3.05) is 24.6 Å². The lowest BCUT2D eigenvalue weighted by Crippen LogP contribution is -2.49. The number of carbonyl (C=O) groups is 1. The molecule has 1 aliphatic rings. The number of aromatic nitrogens is 4. The molecule has 212 valence electrons. The van der Waals surface area contributed by atoms with Gasteiger partial charge in [0.1, 0.15) is 12.3 Å². The third-order valence-corrected chi connectivity index (χ3v) is 7.89. The van der Waals surface area contributed by atoms with Crippen LogP contribution in [-0.4, -0.2) is 64.6 Å². The fourth-order valence-corrected chi connectivity index (χ4v) is 5.01. The molecule has 0 saturated carbocycles. The summed E-state index contributed by atoms with van der Waals surface area (Å²) in [4.78, 5) is 47.6. The van der Waals surface area contributed by atoms with E-state index in [0.717, 1.165) is 24.5 Å².